The molecular weight excluding hydrogens is 262 g/mol. The third kappa shape index (κ3) is 4.43. The summed E-state index contributed by atoms with van der Waals surface area (Å²) in [6.45, 7) is 4.65. The minimum absolute atomic E-state index is 0.526. The number of hydrogen-bond donors (Lipinski definition) is 2. The summed E-state index contributed by atoms with van der Waals surface area (Å²) in [7, 11) is 0. The molecule has 0 spiro atoms. The number of likely N-dealkylation sites (N-methyl/N-ethyl adjacent to an activating group) is 1. The molecule has 7 heteroatoms. The lowest BCUT2D eigenvalue weighted by Gasteiger charge is -2.31. The van der Waals surface area contributed by atoms with Crippen LogP contribution in [0.3, 0.4) is 0 Å². The predicted octanol–water partition coefficient (Wildman–Crippen LogP) is 1.07. The third-order valence-electron chi connectivity index (χ3n) is 3.50. The molecular formula is C12H23N5OS. The van der Waals surface area contributed by atoms with Gasteiger partial charge in [-0.05, 0) is 29.8 Å². The van der Waals surface area contributed by atoms with E-state index < -0.39 is 5.60 Å². The third-order valence-corrected chi connectivity index (χ3v) is 4.74. The largest absolute Gasteiger partial charge is 0.389 e. The maximum absolute atomic E-state index is 10.5. The molecule has 1 aliphatic carbocycles. The maximum atomic E-state index is 10.5. The van der Waals surface area contributed by atoms with E-state index in [1.165, 1.54) is 6.42 Å². The van der Waals surface area contributed by atoms with Crippen LogP contribution in [0.5, 0.6) is 0 Å². The highest BCUT2D eigenvalue weighted by Crippen LogP contribution is 2.32. The summed E-state index contributed by atoms with van der Waals surface area (Å²) in [4.78, 5) is 0. The van der Waals surface area contributed by atoms with E-state index in [9.17, 15) is 5.11 Å². The van der Waals surface area contributed by atoms with Crippen molar-refractivity contribution in [3.05, 3.63) is 0 Å². The quantitative estimate of drug-likeness (QED) is 0.576. The second-order valence-corrected chi connectivity index (χ2v) is 6.05. The first-order chi connectivity index (χ1) is 9.23. The maximum Gasteiger partial charge on any atom is 0.209 e. The van der Waals surface area contributed by atoms with Crippen molar-refractivity contribution in [2.24, 2.45) is 0 Å². The Labute approximate surface area is 118 Å². The smallest absolute Gasteiger partial charge is 0.209 e. The lowest BCUT2D eigenvalue weighted by Crippen LogP contribution is -2.34. The average Bonchev–Trinajstić information content (AvgIpc) is 2.85. The summed E-state index contributed by atoms with van der Waals surface area (Å²) >= 11 is 1.57. The zero-order chi connectivity index (χ0) is 13.6. The van der Waals surface area contributed by atoms with Gasteiger partial charge in [-0.1, -0.05) is 37.9 Å². The molecule has 1 saturated carbocycles. The Bertz CT molecular complexity index is 378. The molecule has 1 aliphatic rings. The number of hydrogen-bond acceptors (Lipinski definition) is 6. The average molecular weight is 285 g/mol. The predicted molar refractivity (Wildman–Crippen MR) is 75.1 cm³/mol. The van der Waals surface area contributed by atoms with Crippen LogP contribution in [-0.2, 0) is 6.54 Å². The fourth-order valence-electron chi connectivity index (χ4n) is 2.36. The topological polar surface area (TPSA) is 75.9 Å². The van der Waals surface area contributed by atoms with Gasteiger partial charge in [0.1, 0.15) is 0 Å². The van der Waals surface area contributed by atoms with Gasteiger partial charge in [0.05, 0.1) is 12.1 Å². The van der Waals surface area contributed by atoms with Crippen LogP contribution in [0, 0.1) is 0 Å². The Balaban J connectivity index is 1.83. The van der Waals surface area contributed by atoms with Gasteiger partial charge in [-0.25, -0.2) is 4.68 Å². The van der Waals surface area contributed by atoms with Crippen molar-refractivity contribution in [2.45, 2.75) is 56.3 Å². The van der Waals surface area contributed by atoms with Gasteiger partial charge in [-0.2, -0.15) is 0 Å². The van der Waals surface area contributed by atoms with E-state index in [1.807, 2.05) is 0 Å². The highest BCUT2D eigenvalue weighted by atomic mass is 32.2. The molecule has 1 fully saturated rings. The molecule has 0 aromatic carbocycles. The van der Waals surface area contributed by atoms with Gasteiger partial charge in [0.25, 0.3) is 0 Å². The van der Waals surface area contributed by atoms with Gasteiger partial charge in [-0.3, -0.25) is 0 Å². The first-order valence-electron chi connectivity index (χ1n) is 7.05. The minimum Gasteiger partial charge on any atom is -0.389 e. The van der Waals surface area contributed by atoms with E-state index >= 15 is 0 Å². The van der Waals surface area contributed by atoms with Gasteiger partial charge < -0.3 is 10.4 Å². The summed E-state index contributed by atoms with van der Waals surface area (Å²) in [5.41, 5.74) is -0.526. The molecule has 0 bridgehead atoms. The van der Waals surface area contributed by atoms with Crippen LogP contribution >= 0.6 is 11.8 Å². The van der Waals surface area contributed by atoms with Crippen LogP contribution in [0.1, 0.15) is 39.0 Å². The minimum atomic E-state index is -0.526. The second-order valence-electron chi connectivity index (χ2n) is 5.11. The number of nitrogens with one attached hydrogen (secondary N) is 1. The normalized spacial score (nSPS) is 18.6. The fraction of sp³-hybridized carbons (Fsp3) is 0.917. The van der Waals surface area contributed by atoms with Crippen molar-refractivity contribution in [1.82, 2.24) is 25.5 Å². The van der Waals surface area contributed by atoms with E-state index in [0.29, 0.717) is 5.75 Å². The van der Waals surface area contributed by atoms with Crippen molar-refractivity contribution >= 4 is 11.8 Å². The highest BCUT2D eigenvalue weighted by Gasteiger charge is 2.29. The van der Waals surface area contributed by atoms with Crippen LogP contribution < -0.4 is 5.32 Å². The standard InChI is InChI=1S/C12H23N5OS/c1-2-13-8-9-17-11(14-15-16-17)19-10-12(18)6-4-3-5-7-12/h13,18H,2-10H2,1H3. The van der Waals surface area contributed by atoms with E-state index in [-0.39, 0.29) is 0 Å². The Morgan fingerprint density at radius 2 is 2.16 bits per heavy atom. The molecule has 0 saturated heterocycles. The monoisotopic (exact) mass is 285 g/mol. The number of aliphatic hydroxyl groups is 1. The van der Waals surface area contributed by atoms with Crippen LogP contribution in [0.15, 0.2) is 5.16 Å². The van der Waals surface area contributed by atoms with Gasteiger partial charge in [0.15, 0.2) is 0 Å². The molecule has 1 heterocycles. The van der Waals surface area contributed by atoms with E-state index in [0.717, 1.165) is 50.5 Å². The number of rotatable bonds is 7. The van der Waals surface area contributed by atoms with Gasteiger partial charge >= 0.3 is 0 Å². The Hall–Kier alpha value is -0.660. The molecule has 0 atom stereocenters. The summed E-state index contributed by atoms with van der Waals surface area (Å²) in [5, 5.41) is 26.3. The highest BCUT2D eigenvalue weighted by molar-refractivity contribution is 7.99. The van der Waals surface area contributed by atoms with Crippen molar-refractivity contribution in [3.8, 4) is 0 Å². The van der Waals surface area contributed by atoms with Crippen LogP contribution in [0.4, 0.5) is 0 Å². The van der Waals surface area contributed by atoms with Gasteiger partial charge in [0.2, 0.25) is 5.16 Å². The summed E-state index contributed by atoms with van der Waals surface area (Å²) in [6.07, 6.45) is 5.30. The molecule has 108 valence electrons. The van der Waals surface area contributed by atoms with Crippen LogP contribution in [-0.4, -0.2) is 49.8 Å². The van der Waals surface area contributed by atoms with E-state index in [4.69, 9.17) is 0 Å². The molecule has 6 nitrogen and oxygen atoms in total. The van der Waals surface area contributed by atoms with Crippen molar-refractivity contribution in [2.75, 3.05) is 18.8 Å². The van der Waals surface area contributed by atoms with Crippen LogP contribution in [0.2, 0.25) is 0 Å². The zero-order valence-corrected chi connectivity index (χ0v) is 12.3. The van der Waals surface area contributed by atoms with Gasteiger partial charge in [0, 0.05) is 12.3 Å². The second kappa shape index (κ2) is 7.21. The van der Waals surface area contributed by atoms with Crippen molar-refractivity contribution in [3.63, 3.8) is 0 Å². The Morgan fingerprint density at radius 3 is 2.89 bits per heavy atom. The van der Waals surface area contributed by atoms with Crippen LogP contribution in [0.25, 0.3) is 0 Å². The van der Waals surface area contributed by atoms with Crippen molar-refractivity contribution < 1.29 is 5.11 Å². The molecule has 1 aromatic rings. The lowest BCUT2D eigenvalue weighted by molar-refractivity contribution is 0.0272. The number of thioether (sulfide) groups is 1. The Kier molecular flexibility index (Phi) is 5.59. The molecule has 0 amide bonds. The molecule has 2 rings (SSSR count). The molecule has 1 aromatic heterocycles. The fourth-order valence-corrected chi connectivity index (χ4v) is 3.41. The summed E-state index contributed by atoms with van der Waals surface area (Å²) in [5.74, 6) is 0.689. The number of tetrazole rings is 1. The van der Waals surface area contributed by atoms with Gasteiger partial charge in [-0.15, -0.1) is 5.10 Å². The Morgan fingerprint density at radius 1 is 1.37 bits per heavy atom. The SMILES string of the molecule is CCNCCn1nnnc1SCC1(O)CCCCC1. The van der Waals surface area contributed by atoms with E-state index in [1.54, 1.807) is 16.4 Å². The summed E-state index contributed by atoms with van der Waals surface area (Å²) in [6, 6.07) is 0. The first-order valence-corrected chi connectivity index (χ1v) is 8.04. The zero-order valence-electron chi connectivity index (χ0n) is 11.5. The van der Waals surface area contributed by atoms with Crippen molar-refractivity contribution in [1.29, 1.82) is 0 Å². The lowest BCUT2D eigenvalue weighted by atomic mass is 9.86. The molecule has 2 N–H and O–H groups in total. The first kappa shape index (κ1) is 14.7. The molecule has 0 aliphatic heterocycles. The summed E-state index contributed by atoms with van der Waals surface area (Å²) < 4.78 is 1.81. The molecule has 19 heavy (non-hydrogen) atoms. The molecule has 0 radical (unpaired) electrons. The number of aromatic nitrogens is 4. The number of nitrogens with zero attached hydrogens (tertiary/aromatic N) is 4. The molecule has 0 unspecified atom stereocenters. The van der Waals surface area contributed by atoms with E-state index in [2.05, 4.69) is 27.8 Å².